The molecule has 0 unspecified atom stereocenters. The van der Waals surface area contributed by atoms with Gasteiger partial charge in [-0.1, -0.05) is 11.8 Å². The van der Waals surface area contributed by atoms with Crippen molar-refractivity contribution in [3.8, 4) is 17.6 Å². The van der Waals surface area contributed by atoms with Gasteiger partial charge < -0.3 is 9.84 Å². The number of halogens is 2. The van der Waals surface area contributed by atoms with Gasteiger partial charge in [-0.3, -0.25) is 0 Å². The van der Waals surface area contributed by atoms with E-state index in [9.17, 15) is 4.39 Å². The molecule has 0 saturated heterocycles. The van der Waals surface area contributed by atoms with Crippen LogP contribution in [-0.4, -0.2) is 18.8 Å². The quantitative estimate of drug-likeness (QED) is 0.781. The van der Waals surface area contributed by atoms with Crippen molar-refractivity contribution in [1.29, 1.82) is 0 Å². The molecule has 0 atom stereocenters. The summed E-state index contributed by atoms with van der Waals surface area (Å²) in [6.07, 6.45) is 0. The summed E-state index contributed by atoms with van der Waals surface area (Å²) in [5, 5.41) is 8.46. The van der Waals surface area contributed by atoms with Gasteiger partial charge in [0.2, 0.25) is 0 Å². The van der Waals surface area contributed by atoms with Crippen molar-refractivity contribution < 1.29 is 14.2 Å². The molecule has 1 N–H and O–H groups in total. The summed E-state index contributed by atoms with van der Waals surface area (Å²) in [4.78, 5) is 0. The first kappa shape index (κ1) is 11.0. The number of rotatable bonds is 1. The molecule has 2 nitrogen and oxygen atoms in total. The molecule has 0 amide bonds. The van der Waals surface area contributed by atoms with Crippen LogP contribution in [0.3, 0.4) is 0 Å². The average molecular weight is 259 g/mol. The van der Waals surface area contributed by atoms with Crippen molar-refractivity contribution in [1.82, 2.24) is 0 Å². The summed E-state index contributed by atoms with van der Waals surface area (Å²) in [6.45, 7) is -0.245. The highest BCUT2D eigenvalue weighted by Gasteiger charge is 2.08. The summed E-state index contributed by atoms with van der Waals surface area (Å²) >= 11 is 3.15. The number of aliphatic hydroxyl groups is 1. The van der Waals surface area contributed by atoms with Crippen LogP contribution in [-0.2, 0) is 0 Å². The van der Waals surface area contributed by atoms with Crippen LogP contribution < -0.4 is 4.74 Å². The second-order valence-corrected chi connectivity index (χ2v) is 3.29. The molecular formula is C10H8BrFO2. The van der Waals surface area contributed by atoms with Crippen LogP contribution in [0, 0.1) is 17.7 Å². The summed E-state index contributed by atoms with van der Waals surface area (Å²) < 4.78 is 18.6. The number of benzene rings is 1. The van der Waals surface area contributed by atoms with Gasteiger partial charge in [0, 0.05) is 5.56 Å². The molecule has 0 saturated carbocycles. The number of aliphatic hydroxyl groups excluding tert-OH is 1. The lowest BCUT2D eigenvalue weighted by molar-refractivity contribution is 0.350. The Morgan fingerprint density at radius 1 is 1.57 bits per heavy atom. The van der Waals surface area contributed by atoms with Gasteiger partial charge in [0.05, 0.1) is 11.6 Å². The second-order valence-electron chi connectivity index (χ2n) is 2.43. The maximum atomic E-state index is 13.3. The third-order valence-electron chi connectivity index (χ3n) is 1.51. The third kappa shape index (κ3) is 2.47. The van der Waals surface area contributed by atoms with Crippen LogP contribution in [0.15, 0.2) is 16.6 Å². The zero-order valence-electron chi connectivity index (χ0n) is 7.47. The van der Waals surface area contributed by atoms with Gasteiger partial charge in [-0.15, -0.1) is 0 Å². The Balaban J connectivity index is 3.14. The van der Waals surface area contributed by atoms with Gasteiger partial charge in [-0.2, -0.15) is 0 Å². The van der Waals surface area contributed by atoms with Gasteiger partial charge in [-0.05, 0) is 28.1 Å². The van der Waals surface area contributed by atoms with Gasteiger partial charge in [0.15, 0.2) is 11.6 Å². The van der Waals surface area contributed by atoms with Gasteiger partial charge in [0.1, 0.15) is 6.61 Å². The molecule has 4 heteroatoms. The minimum absolute atomic E-state index is 0.152. The second kappa shape index (κ2) is 4.99. The lowest BCUT2D eigenvalue weighted by Gasteiger charge is -2.04. The van der Waals surface area contributed by atoms with E-state index in [1.807, 2.05) is 0 Å². The fraction of sp³-hybridized carbons (Fsp3) is 0.200. The molecule has 0 radical (unpaired) electrons. The molecule has 1 rings (SSSR count). The first-order valence-corrected chi connectivity index (χ1v) is 4.61. The zero-order chi connectivity index (χ0) is 10.6. The normalized spacial score (nSPS) is 9.14. The fourth-order valence-corrected chi connectivity index (χ4v) is 1.57. The summed E-state index contributed by atoms with van der Waals surface area (Å²) in [6, 6.07) is 2.89. The summed E-state index contributed by atoms with van der Waals surface area (Å²) in [7, 11) is 1.39. The molecule has 0 aromatic heterocycles. The maximum absolute atomic E-state index is 13.3. The molecule has 74 valence electrons. The summed E-state index contributed by atoms with van der Waals surface area (Å²) in [5.74, 6) is 4.71. The minimum Gasteiger partial charge on any atom is -0.492 e. The molecular weight excluding hydrogens is 251 g/mol. The van der Waals surface area contributed by atoms with E-state index in [2.05, 4.69) is 27.8 Å². The first-order valence-electron chi connectivity index (χ1n) is 3.81. The van der Waals surface area contributed by atoms with E-state index in [1.54, 1.807) is 6.07 Å². The van der Waals surface area contributed by atoms with Crippen LogP contribution in [0.4, 0.5) is 4.39 Å². The van der Waals surface area contributed by atoms with E-state index < -0.39 is 5.82 Å². The third-order valence-corrected chi connectivity index (χ3v) is 2.10. The Labute approximate surface area is 89.8 Å². The first-order chi connectivity index (χ1) is 6.69. The SMILES string of the molecule is COc1c(F)cc(C#CCO)cc1Br. The topological polar surface area (TPSA) is 29.5 Å². The Morgan fingerprint density at radius 3 is 2.79 bits per heavy atom. The van der Waals surface area contributed by atoms with E-state index >= 15 is 0 Å². The van der Waals surface area contributed by atoms with Crippen molar-refractivity contribution in [3.05, 3.63) is 28.0 Å². The maximum Gasteiger partial charge on any atom is 0.168 e. The predicted molar refractivity (Wildman–Crippen MR) is 54.6 cm³/mol. The van der Waals surface area contributed by atoms with Crippen LogP contribution >= 0.6 is 15.9 Å². The standard InChI is InChI=1S/C10H8BrFO2/c1-14-10-8(11)5-7(3-2-4-13)6-9(10)12/h5-6,13H,4H2,1H3. The molecule has 0 aliphatic heterocycles. The molecule has 0 fully saturated rings. The van der Waals surface area contributed by atoms with E-state index in [4.69, 9.17) is 9.84 Å². The molecule has 14 heavy (non-hydrogen) atoms. The highest BCUT2D eigenvalue weighted by atomic mass is 79.9. The van der Waals surface area contributed by atoms with Crippen LogP contribution in [0.25, 0.3) is 0 Å². The largest absolute Gasteiger partial charge is 0.492 e. The van der Waals surface area contributed by atoms with Gasteiger partial charge in [-0.25, -0.2) is 4.39 Å². The van der Waals surface area contributed by atoms with Gasteiger partial charge >= 0.3 is 0 Å². The highest BCUT2D eigenvalue weighted by molar-refractivity contribution is 9.10. The monoisotopic (exact) mass is 258 g/mol. The smallest absolute Gasteiger partial charge is 0.168 e. The van der Waals surface area contributed by atoms with Crippen LogP contribution in [0.1, 0.15) is 5.56 Å². The Hall–Kier alpha value is -1.05. The lowest BCUT2D eigenvalue weighted by atomic mass is 10.2. The van der Waals surface area contributed by atoms with E-state index in [0.29, 0.717) is 10.0 Å². The number of ether oxygens (including phenoxy) is 1. The Morgan fingerprint density at radius 2 is 2.29 bits per heavy atom. The molecule has 0 aliphatic rings. The van der Waals surface area contributed by atoms with E-state index in [0.717, 1.165) is 0 Å². The van der Waals surface area contributed by atoms with E-state index in [-0.39, 0.29) is 12.4 Å². The lowest BCUT2D eigenvalue weighted by Crippen LogP contribution is -1.90. The van der Waals surface area contributed by atoms with Crippen molar-refractivity contribution >= 4 is 15.9 Å². The van der Waals surface area contributed by atoms with E-state index in [1.165, 1.54) is 13.2 Å². The average Bonchev–Trinajstić information content (AvgIpc) is 2.14. The van der Waals surface area contributed by atoms with Crippen LogP contribution in [0.2, 0.25) is 0 Å². The molecule has 1 aromatic carbocycles. The highest BCUT2D eigenvalue weighted by Crippen LogP contribution is 2.28. The zero-order valence-corrected chi connectivity index (χ0v) is 9.06. The summed E-state index contributed by atoms with van der Waals surface area (Å²) in [5.41, 5.74) is 0.490. The van der Waals surface area contributed by atoms with Gasteiger partial charge in [0.25, 0.3) is 0 Å². The van der Waals surface area contributed by atoms with Crippen molar-refractivity contribution in [2.45, 2.75) is 0 Å². The number of methoxy groups -OCH3 is 1. The fourth-order valence-electron chi connectivity index (χ4n) is 0.969. The number of hydrogen-bond acceptors (Lipinski definition) is 2. The molecule has 0 heterocycles. The number of hydrogen-bond donors (Lipinski definition) is 1. The predicted octanol–water partition coefficient (Wildman–Crippen LogP) is 1.94. The van der Waals surface area contributed by atoms with Crippen molar-refractivity contribution in [2.75, 3.05) is 13.7 Å². The molecule has 1 aromatic rings. The van der Waals surface area contributed by atoms with Crippen molar-refractivity contribution in [3.63, 3.8) is 0 Å². The van der Waals surface area contributed by atoms with Crippen molar-refractivity contribution in [2.24, 2.45) is 0 Å². The Bertz CT molecular complexity index is 370. The molecule has 0 spiro atoms. The minimum atomic E-state index is -0.482. The Kier molecular flexibility index (Phi) is 3.93. The molecule has 0 bridgehead atoms. The van der Waals surface area contributed by atoms with Crippen LogP contribution in [0.5, 0.6) is 5.75 Å². The molecule has 0 aliphatic carbocycles.